The number of thiophene rings is 1. The first-order valence-corrected chi connectivity index (χ1v) is 8.49. The van der Waals surface area contributed by atoms with E-state index in [1.54, 1.807) is 17.5 Å². The minimum Gasteiger partial charge on any atom is -0.355 e. The van der Waals surface area contributed by atoms with Gasteiger partial charge in [-0.1, -0.05) is 11.2 Å². The third kappa shape index (κ3) is 4.71. The van der Waals surface area contributed by atoms with Crippen molar-refractivity contribution in [3.05, 3.63) is 58.6 Å². The third-order valence-corrected chi connectivity index (χ3v) is 4.42. The van der Waals surface area contributed by atoms with E-state index in [2.05, 4.69) is 5.16 Å². The van der Waals surface area contributed by atoms with Crippen LogP contribution in [-0.4, -0.2) is 11.1 Å². The zero-order valence-corrected chi connectivity index (χ0v) is 14.5. The number of amides is 1. The summed E-state index contributed by atoms with van der Waals surface area (Å²) in [5, 5.41) is 7.52. The van der Waals surface area contributed by atoms with Crippen molar-refractivity contribution in [3.8, 4) is 10.6 Å². The van der Waals surface area contributed by atoms with Crippen LogP contribution in [0.2, 0.25) is 0 Å². The number of nitrogens with zero attached hydrogens (tertiary/aromatic N) is 1. The number of rotatable bonds is 4. The van der Waals surface area contributed by atoms with Crippen LogP contribution in [0.5, 0.6) is 0 Å². The van der Waals surface area contributed by atoms with E-state index in [0.717, 1.165) is 4.88 Å². The first-order chi connectivity index (χ1) is 13.0. The van der Waals surface area contributed by atoms with Gasteiger partial charge in [0, 0.05) is 11.8 Å². The van der Waals surface area contributed by atoms with Crippen molar-refractivity contribution in [1.29, 1.82) is 0 Å². The van der Waals surface area contributed by atoms with Gasteiger partial charge in [-0.2, -0.15) is 26.3 Å². The van der Waals surface area contributed by atoms with Crippen molar-refractivity contribution < 1.29 is 35.7 Å². The highest BCUT2D eigenvalue weighted by Crippen LogP contribution is 2.37. The Hall–Kier alpha value is -2.82. The molecule has 2 heterocycles. The minimum atomic E-state index is -5.00. The summed E-state index contributed by atoms with van der Waals surface area (Å²) >= 11 is 1.37. The number of benzene rings is 1. The molecule has 0 atom stereocenters. The highest BCUT2D eigenvalue weighted by Gasteiger charge is 2.37. The molecule has 2 aromatic heterocycles. The summed E-state index contributed by atoms with van der Waals surface area (Å²) in [6.45, 7) is 0. The zero-order valence-electron chi connectivity index (χ0n) is 13.7. The van der Waals surface area contributed by atoms with Gasteiger partial charge in [-0.25, -0.2) is 0 Å². The number of halogens is 6. The fourth-order valence-electron chi connectivity index (χ4n) is 2.33. The highest BCUT2D eigenvalue weighted by molar-refractivity contribution is 7.13. The molecule has 1 N–H and O–H groups in total. The maximum absolute atomic E-state index is 12.9. The Bertz CT molecular complexity index is 944. The lowest BCUT2D eigenvalue weighted by atomic mass is 10.1. The zero-order chi connectivity index (χ0) is 20.5. The van der Waals surface area contributed by atoms with Gasteiger partial charge in [0.25, 0.3) is 0 Å². The molecular formula is C17H10F6N2O2S. The topological polar surface area (TPSA) is 55.1 Å². The van der Waals surface area contributed by atoms with Gasteiger partial charge in [0.15, 0.2) is 5.76 Å². The molecular weight excluding hydrogens is 410 g/mol. The molecule has 0 saturated carbocycles. The number of hydrogen-bond acceptors (Lipinski definition) is 4. The van der Waals surface area contributed by atoms with Crippen LogP contribution >= 0.6 is 11.3 Å². The Kier molecular flexibility index (Phi) is 5.20. The number of nitrogens with one attached hydrogen (secondary N) is 1. The smallest absolute Gasteiger partial charge is 0.355 e. The number of anilines is 1. The average Bonchev–Trinajstić information content (AvgIpc) is 3.23. The molecule has 4 nitrogen and oxygen atoms in total. The van der Waals surface area contributed by atoms with Crippen LogP contribution in [-0.2, 0) is 23.6 Å². The highest BCUT2D eigenvalue weighted by atomic mass is 32.1. The second kappa shape index (κ2) is 7.30. The second-order valence-corrected chi connectivity index (χ2v) is 6.63. The molecule has 0 fully saturated rings. The maximum Gasteiger partial charge on any atom is 0.416 e. The second-order valence-electron chi connectivity index (χ2n) is 5.68. The van der Waals surface area contributed by atoms with Crippen LogP contribution in [0.1, 0.15) is 16.8 Å². The number of carbonyl (C=O) groups is 1. The van der Waals surface area contributed by atoms with Crippen molar-refractivity contribution in [2.75, 3.05) is 5.32 Å². The largest absolute Gasteiger partial charge is 0.416 e. The quantitative estimate of drug-likeness (QED) is 0.558. The summed E-state index contributed by atoms with van der Waals surface area (Å²) in [6, 6.07) is 5.87. The van der Waals surface area contributed by atoms with E-state index < -0.39 is 35.1 Å². The van der Waals surface area contributed by atoms with E-state index in [9.17, 15) is 31.1 Å². The summed E-state index contributed by atoms with van der Waals surface area (Å²) in [4.78, 5) is 12.8. The lowest BCUT2D eigenvalue weighted by Crippen LogP contribution is -2.17. The predicted molar refractivity (Wildman–Crippen MR) is 88.6 cm³/mol. The van der Waals surface area contributed by atoms with Crippen molar-refractivity contribution in [2.45, 2.75) is 18.8 Å². The Morgan fingerprint density at radius 2 is 1.68 bits per heavy atom. The van der Waals surface area contributed by atoms with E-state index in [0.29, 0.717) is 17.9 Å². The van der Waals surface area contributed by atoms with Crippen LogP contribution in [0.4, 0.5) is 32.0 Å². The van der Waals surface area contributed by atoms with Gasteiger partial charge in [-0.15, -0.1) is 11.3 Å². The van der Waals surface area contributed by atoms with Gasteiger partial charge in [-0.3, -0.25) is 4.79 Å². The van der Waals surface area contributed by atoms with Crippen LogP contribution in [0.15, 0.2) is 46.3 Å². The Balaban J connectivity index is 1.78. The van der Waals surface area contributed by atoms with Gasteiger partial charge in [0.05, 0.1) is 28.1 Å². The number of aromatic nitrogens is 1. The van der Waals surface area contributed by atoms with E-state index >= 15 is 0 Å². The molecule has 0 aliphatic carbocycles. The lowest BCUT2D eigenvalue weighted by molar-refractivity contribution is -0.143. The molecule has 0 bridgehead atoms. The van der Waals surface area contributed by atoms with Crippen LogP contribution in [0.3, 0.4) is 0 Å². The van der Waals surface area contributed by atoms with Gasteiger partial charge < -0.3 is 9.84 Å². The average molecular weight is 420 g/mol. The van der Waals surface area contributed by atoms with Crippen LogP contribution in [0, 0.1) is 0 Å². The molecule has 1 amide bonds. The fraction of sp³-hybridized carbons (Fsp3) is 0.176. The SMILES string of the molecule is O=C(Cc1cc(-c2cccs2)on1)Nc1cc(C(F)(F)F)cc(C(F)(F)F)c1. The molecule has 148 valence electrons. The number of alkyl halides is 6. The fourth-order valence-corrected chi connectivity index (χ4v) is 3.00. The molecule has 28 heavy (non-hydrogen) atoms. The molecule has 3 aromatic rings. The standard InChI is InChI=1S/C17H10F6N2O2S/c18-16(19,20)9-4-10(17(21,22)23)6-11(5-9)24-15(26)8-12-7-13(27-25-12)14-2-1-3-28-14/h1-7H,8H2,(H,24,26). The van der Waals surface area contributed by atoms with E-state index in [1.807, 2.05) is 5.32 Å². The number of carbonyl (C=O) groups excluding carboxylic acids is 1. The first kappa shape index (κ1) is 19.9. The molecule has 1 aromatic carbocycles. The normalized spacial score (nSPS) is 12.2. The van der Waals surface area contributed by atoms with Crippen molar-refractivity contribution in [3.63, 3.8) is 0 Å². The van der Waals surface area contributed by atoms with Crippen LogP contribution in [0.25, 0.3) is 10.6 Å². The summed E-state index contributed by atoms with van der Waals surface area (Å²) < 4.78 is 82.2. The summed E-state index contributed by atoms with van der Waals surface area (Å²) in [5.41, 5.74) is -3.46. The van der Waals surface area contributed by atoms with Crippen LogP contribution < -0.4 is 5.32 Å². The molecule has 0 saturated heterocycles. The Morgan fingerprint density at radius 3 is 2.21 bits per heavy atom. The maximum atomic E-state index is 12.9. The minimum absolute atomic E-state index is 0.0133. The molecule has 0 unspecified atom stereocenters. The van der Waals surface area contributed by atoms with E-state index in [1.165, 1.54) is 17.4 Å². The van der Waals surface area contributed by atoms with Gasteiger partial charge in [0.2, 0.25) is 5.91 Å². The summed E-state index contributed by atoms with van der Waals surface area (Å²) in [6.07, 6.45) is -10.4. The van der Waals surface area contributed by atoms with Gasteiger partial charge >= 0.3 is 12.4 Å². The van der Waals surface area contributed by atoms with Crippen molar-refractivity contribution in [2.24, 2.45) is 0 Å². The van der Waals surface area contributed by atoms with E-state index in [4.69, 9.17) is 4.52 Å². The Labute approximate surface area is 157 Å². The first-order valence-electron chi connectivity index (χ1n) is 7.61. The van der Waals surface area contributed by atoms with Crippen molar-refractivity contribution in [1.82, 2.24) is 5.16 Å². The van der Waals surface area contributed by atoms with Gasteiger partial charge in [-0.05, 0) is 29.6 Å². The number of hydrogen-bond donors (Lipinski definition) is 1. The van der Waals surface area contributed by atoms with Crippen molar-refractivity contribution >= 4 is 22.9 Å². The molecule has 11 heteroatoms. The predicted octanol–water partition coefficient (Wildman–Crippen LogP) is 5.62. The summed E-state index contributed by atoms with van der Waals surface area (Å²) in [7, 11) is 0. The molecule has 0 aliphatic heterocycles. The monoisotopic (exact) mass is 420 g/mol. The lowest BCUT2D eigenvalue weighted by Gasteiger charge is -2.14. The Morgan fingerprint density at radius 1 is 1.04 bits per heavy atom. The summed E-state index contributed by atoms with van der Waals surface area (Å²) in [5.74, 6) is -0.435. The van der Waals surface area contributed by atoms with E-state index in [-0.39, 0.29) is 18.2 Å². The molecule has 0 radical (unpaired) electrons. The molecule has 0 spiro atoms. The van der Waals surface area contributed by atoms with Gasteiger partial charge in [0.1, 0.15) is 0 Å². The molecule has 3 rings (SSSR count). The molecule has 0 aliphatic rings. The third-order valence-electron chi connectivity index (χ3n) is 3.54.